The number of rotatable bonds is 5. The molecular weight excluding hydrogens is 308 g/mol. The second kappa shape index (κ2) is 6.82. The molecule has 7 heteroatoms. The molecule has 0 aliphatic rings. The van der Waals surface area contributed by atoms with E-state index in [1.807, 2.05) is 6.92 Å². The van der Waals surface area contributed by atoms with Crippen molar-refractivity contribution >= 4 is 34.6 Å². The van der Waals surface area contributed by atoms with Gasteiger partial charge in [-0.15, -0.1) is 22.7 Å². The first-order valence-corrected chi connectivity index (χ1v) is 8.17. The maximum absolute atomic E-state index is 12.0. The summed E-state index contributed by atoms with van der Waals surface area (Å²) < 4.78 is 4.85. The van der Waals surface area contributed by atoms with E-state index in [-0.39, 0.29) is 23.2 Å². The zero-order valence-electron chi connectivity index (χ0n) is 12.1. The van der Waals surface area contributed by atoms with Crippen LogP contribution < -0.4 is 5.32 Å². The fourth-order valence-corrected chi connectivity index (χ4v) is 3.34. The number of nitrogens with one attached hydrogen (secondary N) is 1. The lowest BCUT2D eigenvalue weighted by Gasteiger charge is -2.00. The maximum atomic E-state index is 12.0. The molecule has 0 spiro atoms. The number of carbonyl (C=O) groups is 2. The topological polar surface area (TPSA) is 68.3 Å². The Balaban J connectivity index is 1.96. The number of thiophene rings is 1. The van der Waals surface area contributed by atoms with Crippen LogP contribution in [0.1, 0.15) is 42.5 Å². The van der Waals surface area contributed by atoms with E-state index in [0.717, 1.165) is 16.2 Å². The van der Waals surface area contributed by atoms with Crippen molar-refractivity contribution in [2.75, 3.05) is 6.61 Å². The highest BCUT2D eigenvalue weighted by atomic mass is 32.1. The first kappa shape index (κ1) is 15.7. The number of hydrogen-bond donors (Lipinski definition) is 1. The van der Waals surface area contributed by atoms with Crippen LogP contribution in [-0.2, 0) is 11.3 Å². The third-order valence-electron chi connectivity index (χ3n) is 2.83. The summed E-state index contributed by atoms with van der Waals surface area (Å²) in [5.74, 6) is -0.781. The molecule has 2 aromatic heterocycles. The molecule has 2 aromatic rings. The zero-order chi connectivity index (χ0) is 15.4. The van der Waals surface area contributed by atoms with Gasteiger partial charge in [0, 0.05) is 15.1 Å². The average molecular weight is 324 g/mol. The Morgan fingerprint density at radius 1 is 1.38 bits per heavy atom. The third-order valence-corrected chi connectivity index (χ3v) is 4.80. The molecular formula is C14H16N2O3S2. The molecule has 0 fully saturated rings. The number of ether oxygens (including phenoxy) is 1. The maximum Gasteiger partial charge on any atom is 0.367 e. The Hall–Kier alpha value is -1.73. The Morgan fingerprint density at radius 3 is 2.76 bits per heavy atom. The van der Waals surface area contributed by atoms with E-state index in [2.05, 4.69) is 23.3 Å². The van der Waals surface area contributed by atoms with Crippen molar-refractivity contribution < 1.29 is 14.3 Å². The molecule has 112 valence electrons. The van der Waals surface area contributed by atoms with Crippen LogP contribution in [0.25, 0.3) is 0 Å². The second-order valence-electron chi connectivity index (χ2n) is 4.39. The number of esters is 1. The molecule has 0 aliphatic carbocycles. The molecule has 1 N–H and O–H groups in total. The van der Waals surface area contributed by atoms with E-state index in [9.17, 15) is 9.59 Å². The largest absolute Gasteiger partial charge is 0.461 e. The fourth-order valence-electron chi connectivity index (χ4n) is 1.66. The van der Waals surface area contributed by atoms with E-state index >= 15 is 0 Å². The van der Waals surface area contributed by atoms with Gasteiger partial charge in [0.2, 0.25) is 5.01 Å². The van der Waals surface area contributed by atoms with Gasteiger partial charge in [0.1, 0.15) is 5.69 Å². The molecule has 21 heavy (non-hydrogen) atoms. The van der Waals surface area contributed by atoms with E-state index in [1.54, 1.807) is 23.6 Å². The van der Waals surface area contributed by atoms with Crippen LogP contribution in [0.15, 0.2) is 11.4 Å². The van der Waals surface area contributed by atoms with Gasteiger partial charge in [0.25, 0.3) is 5.91 Å². The van der Waals surface area contributed by atoms with Crippen molar-refractivity contribution in [1.82, 2.24) is 10.3 Å². The predicted molar refractivity (Wildman–Crippen MR) is 83.0 cm³/mol. The molecule has 0 aliphatic heterocycles. The molecule has 1 amide bonds. The highest BCUT2D eigenvalue weighted by Crippen LogP contribution is 2.20. The number of aromatic nitrogens is 1. The number of aryl methyl sites for hydroxylation is 2. The number of carbonyl (C=O) groups excluding carboxylic acids is 2. The van der Waals surface area contributed by atoms with Gasteiger partial charge in [0.05, 0.1) is 13.2 Å². The smallest absolute Gasteiger partial charge is 0.367 e. The van der Waals surface area contributed by atoms with Crippen molar-refractivity contribution in [1.29, 1.82) is 0 Å². The fraction of sp³-hybridized carbons (Fsp3) is 0.357. The molecule has 0 radical (unpaired) electrons. The highest BCUT2D eigenvalue weighted by Gasteiger charge is 2.16. The van der Waals surface area contributed by atoms with Crippen molar-refractivity contribution in [3.8, 4) is 0 Å². The lowest BCUT2D eigenvalue weighted by atomic mass is 10.3. The molecule has 0 saturated heterocycles. The molecule has 5 nitrogen and oxygen atoms in total. The minimum Gasteiger partial charge on any atom is -0.461 e. The van der Waals surface area contributed by atoms with Crippen molar-refractivity contribution in [3.63, 3.8) is 0 Å². The van der Waals surface area contributed by atoms with Gasteiger partial charge in [-0.05, 0) is 32.4 Å². The van der Waals surface area contributed by atoms with E-state index in [1.165, 1.54) is 10.4 Å². The molecule has 0 atom stereocenters. The normalized spacial score (nSPS) is 10.4. The van der Waals surface area contributed by atoms with E-state index in [4.69, 9.17) is 4.74 Å². The first-order valence-electron chi connectivity index (χ1n) is 6.48. The summed E-state index contributed by atoms with van der Waals surface area (Å²) in [6.07, 6.45) is 0. The summed E-state index contributed by atoms with van der Waals surface area (Å²) >= 11 is 2.77. The Morgan fingerprint density at radius 2 is 2.14 bits per heavy atom. The first-order chi connectivity index (χ1) is 10.0. The van der Waals surface area contributed by atoms with Crippen molar-refractivity contribution in [3.05, 3.63) is 37.5 Å². The van der Waals surface area contributed by atoms with E-state index < -0.39 is 5.97 Å². The number of thiazole rings is 1. The monoisotopic (exact) mass is 324 g/mol. The molecule has 0 bridgehead atoms. The van der Waals surface area contributed by atoms with Gasteiger partial charge in [-0.2, -0.15) is 0 Å². The average Bonchev–Trinajstić information content (AvgIpc) is 3.04. The summed E-state index contributed by atoms with van der Waals surface area (Å²) in [6, 6.07) is 2.06. The van der Waals surface area contributed by atoms with Crippen LogP contribution in [0.5, 0.6) is 0 Å². The number of nitrogens with zero attached hydrogens (tertiary/aromatic N) is 1. The Labute approximate surface area is 131 Å². The lowest BCUT2D eigenvalue weighted by Crippen LogP contribution is -2.22. The number of amides is 1. The molecule has 2 heterocycles. The van der Waals surface area contributed by atoms with Crippen LogP contribution in [0, 0.1) is 13.8 Å². The second-order valence-corrected chi connectivity index (χ2v) is 6.59. The van der Waals surface area contributed by atoms with Crippen LogP contribution in [-0.4, -0.2) is 23.5 Å². The summed E-state index contributed by atoms with van der Waals surface area (Å²) in [6.45, 7) is 6.58. The van der Waals surface area contributed by atoms with Crippen LogP contribution in [0.2, 0.25) is 0 Å². The van der Waals surface area contributed by atoms with E-state index in [0.29, 0.717) is 6.54 Å². The Kier molecular flexibility index (Phi) is 5.08. The lowest BCUT2D eigenvalue weighted by molar-refractivity contribution is 0.0526. The zero-order valence-corrected chi connectivity index (χ0v) is 13.7. The molecule has 2 rings (SSSR count). The predicted octanol–water partition coefficient (Wildman–Crippen LogP) is 2.93. The van der Waals surface area contributed by atoms with Gasteiger partial charge < -0.3 is 10.1 Å². The summed E-state index contributed by atoms with van der Waals surface area (Å²) in [5.41, 5.74) is 1.47. The summed E-state index contributed by atoms with van der Waals surface area (Å²) in [7, 11) is 0. The number of hydrogen-bond acceptors (Lipinski definition) is 6. The van der Waals surface area contributed by atoms with Crippen LogP contribution in [0.4, 0.5) is 0 Å². The highest BCUT2D eigenvalue weighted by molar-refractivity contribution is 7.12. The molecule has 0 aromatic carbocycles. The molecule has 0 unspecified atom stereocenters. The summed E-state index contributed by atoms with van der Waals surface area (Å²) in [5, 5.41) is 4.56. The van der Waals surface area contributed by atoms with Crippen molar-refractivity contribution in [2.24, 2.45) is 0 Å². The van der Waals surface area contributed by atoms with Gasteiger partial charge >= 0.3 is 5.97 Å². The van der Waals surface area contributed by atoms with Crippen molar-refractivity contribution in [2.45, 2.75) is 27.3 Å². The standard InChI is InChI=1S/C14H16N2O3S2/c1-4-19-14(18)13-16-11(7-20-13)12(17)15-6-10-5-8(2)9(3)21-10/h5,7H,4,6H2,1-3H3,(H,15,17). The molecule has 0 saturated carbocycles. The van der Waals surface area contributed by atoms with Crippen LogP contribution in [0.3, 0.4) is 0 Å². The van der Waals surface area contributed by atoms with Gasteiger partial charge in [-0.1, -0.05) is 0 Å². The third kappa shape index (κ3) is 3.89. The van der Waals surface area contributed by atoms with Gasteiger partial charge in [-0.3, -0.25) is 4.79 Å². The minimum atomic E-state index is -0.494. The SMILES string of the molecule is CCOC(=O)c1nc(C(=O)NCc2cc(C)c(C)s2)cs1. The minimum absolute atomic E-state index is 0.199. The Bertz CT molecular complexity index is 641. The van der Waals surface area contributed by atoms with Crippen LogP contribution >= 0.6 is 22.7 Å². The summed E-state index contributed by atoms with van der Waals surface area (Å²) in [4.78, 5) is 29.8. The van der Waals surface area contributed by atoms with Gasteiger partial charge in [0.15, 0.2) is 0 Å². The quantitative estimate of drug-likeness (QED) is 0.859. The van der Waals surface area contributed by atoms with Gasteiger partial charge in [-0.25, -0.2) is 9.78 Å².